The van der Waals surface area contributed by atoms with E-state index in [0.717, 1.165) is 0 Å². The minimum atomic E-state index is 0. The van der Waals surface area contributed by atoms with Crippen LogP contribution in [-0.4, -0.2) is 51.4 Å². The van der Waals surface area contributed by atoms with Crippen molar-refractivity contribution in [3.8, 4) is 0 Å². The molecular formula is H3Cl2CuK. The molecule has 0 unspecified atom stereocenters. The summed E-state index contributed by atoms with van der Waals surface area (Å²) in [4.78, 5) is 0. The number of hydrogen-bond donors (Lipinski definition) is 0. The Labute approximate surface area is 91.2 Å². The Morgan fingerprint density at radius 1 is 0.750 bits per heavy atom. The third-order valence-electron chi connectivity index (χ3n) is 0. The first-order chi connectivity index (χ1) is 0. The standard InChI is InChI=1S/2ClH.Cu.K.H/h2*1H;;;. The van der Waals surface area contributed by atoms with E-state index in [9.17, 15) is 0 Å². The topological polar surface area (TPSA) is 0 Å². The molecule has 0 saturated carbocycles. The molecule has 0 amide bonds. The van der Waals surface area contributed by atoms with Crippen molar-refractivity contribution in [3.05, 3.63) is 0 Å². The Bertz CT molecular complexity index is 6.00. The zero-order chi connectivity index (χ0) is 0. The fourth-order valence-electron chi connectivity index (χ4n) is 0. The molecule has 0 bridgehead atoms. The van der Waals surface area contributed by atoms with Crippen molar-refractivity contribution in [1.82, 2.24) is 0 Å². The number of halogens is 2. The van der Waals surface area contributed by atoms with Gasteiger partial charge in [-0.2, -0.15) is 0 Å². The second-order valence-corrected chi connectivity index (χ2v) is 0. The average molecular weight is 177 g/mol. The third-order valence-corrected chi connectivity index (χ3v) is 0. The summed E-state index contributed by atoms with van der Waals surface area (Å²) in [6, 6.07) is 0. The molecule has 0 spiro atoms. The molecule has 0 atom stereocenters. The first kappa shape index (κ1) is 29.6. The molecule has 0 nitrogen and oxygen atoms in total. The molecule has 0 saturated heterocycles. The molecule has 0 rings (SSSR count). The van der Waals surface area contributed by atoms with E-state index < -0.39 is 0 Å². The van der Waals surface area contributed by atoms with E-state index in [1.807, 2.05) is 0 Å². The van der Waals surface area contributed by atoms with Gasteiger partial charge in [0.1, 0.15) is 0 Å². The van der Waals surface area contributed by atoms with E-state index in [0.29, 0.717) is 0 Å². The average Bonchev–Trinajstić information content (AvgIpc) is 0. The maximum absolute atomic E-state index is 0. The van der Waals surface area contributed by atoms with Gasteiger partial charge >= 0.3 is 51.4 Å². The predicted octanol–water partition coefficient (Wildman–Crippen LogP) is 0.193. The van der Waals surface area contributed by atoms with Crippen LogP contribution in [0.3, 0.4) is 0 Å². The Kier molecular flexibility index (Phi) is 127. The van der Waals surface area contributed by atoms with Crippen molar-refractivity contribution in [2.24, 2.45) is 0 Å². The van der Waals surface area contributed by atoms with Crippen molar-refractivity contribution in [1.29, 1.82) is 0 Å². The zero-order valence-corrected chi connectivity index (χ0v) is 3.69. The molecule has 1 radical (unpaired) electrons. The molecule has 0 aromatic carbocycles. The van der Waals surface area contributed by atoms with Gasteiger partial charge in [0.15, 0.2) is 0 Å². The van der Waals surface area contributed by atoms with Crippen molar-refractivity contribution in [2.75, 3.05) is 0 Å². The van der Waals surface area contributed by atoms with Gasteiger partial charge in [-0.05, 0) is 0 Å². The summed E-state index contributed by atoms with van der Waals surface area (Å²) in [5.41, 5.74) is 0. The molecule has 29 valence electrons. The van der Waals surface area contributed by atoms with Gasteiger partial charge in [-0.25, -0.2) is 0 Å². The van der Waals surface area contributed by atoms with Crippen LogP contribution in [-0.2, 0) is 17.1 Å². The van der Waals surface area contributed by atoms with Gasteiger partial charge in [0.25, 0.3) is 0 Å². The number of hydrogen-bond acceptors (Lipinski definition) is 0. The van der Waals surface area contributed by atoms with Crippen LogP contribution in [0, 0.1) is 0 Å². The van der Waals surface area contributed by atoms with Gasteiger partial charge in [-0.1, -0.05) is 0 Å². The molecule has 0 aliphatic rings. The van der Waals surface area contributed by atoms with Gasteiger partial charge in [0.05, 0.1) is 0 Å². The summed E-state index contributed by atoms with van der Waals surface area (Å²) >= 11 is 0. The van der Waals surface area contributed by atoms with Gasteiger partial charge in [-0.3, -0.25) is 0 Å². The normalized spacial score (nSPS) is 0. The van der Waals surface area contributed by atoms with E-state index in [4.69, 9.17) is 0 Å². The third kappa shape index (κ3) is 8.83. The molecule has 0 heterocycles. The van der Waals surface area contributed by atoms with Crippen LogP contribution in [0.15, 0.2) is 0 Å². The van der Waals surface area contributed by atoms with Crippen molar-refractivity contribution < 1.29 is 17.1 Å². The van der Waals surface area contributed by atoms with Crippen molar-refractivity contribution in [3.63, 3.8) is 0 Å². The van der Waals surface area contributed by atoms with Crippen LogP contribution >= 0.6 is 24.8 Å². The zero-order valence-electron chi connectivity index (χ0n) is 1.12. The van der Waals surface area contributed by atoms with E-state index in [1.54, 1.807) is 0 Å². The van der Waals surface area contributed by atoms with E-state index in [1.165, 1.54) is 0 Å². The summed E-state index contributed by atoms with van der Waals surface area (Å²) in [5, 5.41) is 0. The van der Waals surface area contributed by atoms with Crippen molar-refractivity contribution in [2.45, 2.75) is 0 Å². The maximum atomic E-state index is 0. The molecule has 0 N–H and O–H groups in total. The SMILES string of the molecule is Cl.Cl.[Cu].[KH]. The summed E-state index contributed by atoms with van der Waals surface area (Å²) in [6.07, 6.45) is 0. The molecular weight excluding hydrogens is 174 g/mol. The fourth-order valence-corrected chi connectivity index (χ4v) is 0. The Hall–Kier alpha value is 2.74. The van der Waals surface area contributed by atoms with Crippen LogP contribution in [0.5, 0.6) is 0 Å². The monoisotopic (exact) mass is 175 g/mol. The first-order valence-corrected chi connectivity index (χ1v) is 0. The summed E-state index contributed by atoms with van der Waals surface area (Å²) < 4.78 is 0. The van der Waals surface area contributed by atoms with E-state index >= 15 is 0 Å². The molecule has 0 aliphatic carbocycles. The second-order valence-electron chi connectivity index (χ2n) is 0. The summed E-state index contributed by atoms with van der Waals surface area (Å²) in [5.74, 6) is 0. The van der Waals surface area contributed by atoms with Gasteiger partial charge in [-0.15, -0.1) is 24.8 Å². The Morgan fingerprint density at radius 2 is 0.750 bits per heavy atom. The molecule has 0 fully saturated rings. The molecule has 4 heteroatoms. The molecule has 4 heavy (non-hydrogen) atoms. The van der Waals surface area contributed by atoms with Crippen LogP contribution in [0.2, 0.25) is 0 Å². The van der Waals surface area contributed by atoms with Crippen LogP contribution in [0.25, 0.3) is 0 Å². The Balaban J connectivity index is 0. The fraction of sp³-hybridized carbons (Fsp3) is 0. The molecule has 0 aromatic rings. The predicted molar refractivity (Wildman–Crippen MR) is 21.6 cm³/mol. The van der Waals surface area contributed by atoms with Gasteiger partial charge in [0.2, 0.25) is 0 Å². The van der Waals surface area contributed by atoms with Gasteiger partial charge in [0, 0.05) is 17.1 Å². The van der Waals surface area contributed by atoms with E-state index in [-0.39, 0.29) is 93.3 Å². The first-order valence-electron chi connectivity index (χ1n) is 0. The van der Waals surface area contributed by atoms with Crippen LogP contribution < -0.4 is 0 Å². The van der Waals surface area contributed by atoms with Crippen LogP contribution in [0.4, 0.5) is 0 Å². The number of rotatable bonds is 0. The second kappa shape index (κ2) is 17.2. The summed E-state index contributed by atoms with van der Waals surface area (Å²) in [7, 11) is 0. The van der Waals surface area contributed by atoms with Crippen molar-refractivity contribution >= 4 is 76.2 Å². The van der Waals surface area contributed by atoms with Gasteiger partial charge < -0.3 is 0 Å². The van der Waals surface area contributed by atoms with E-state index in [2.05, 4.69) is 0 Å². The molecule has 0 aliphatic heterocycles. The molecule has 0 aromatic heterocycles. The van der Waals surface area contributed by atoms with Crippen LogP contribution in [0.1, 0.15) is 0 Å². The quantitative estimate of drug-likeness (QED) is 0.463. The summed E-state index contributed by atoms with van der Waals surface area (Å²) in [6.45, 7) is 0. The minimum absolute atomic E-state index is 0. The Morgan fingerprint density at radius 3 is 0.750 bits per heavy atom.